The monoisotopic (exact) mass is 416 g/mol. The fourth-order valence-electron chi connectivity index (χ4n) is 2.87. The molecule has 136 valence electrons. The third-order valence-electron chi connectivity index (χ3n) is 4.06. The summed E-state index contributed by atoms with van der Waals surface area (Å²) in [7, 11) is 0. The fourth-order valence-corrected chi connectivity index (χ4v) is 3.27. The molecule has 1 aliphatic heterocycles. The highest BCUT2D eigenvalue weighted by molar-refractivity contribution is 9.10. The van der Waals surface area contributed by atoms with Crippen LogP contribution in [0.3, 0.4) is 0 Å². The van der Waals surface area contributed by atoms with Crippen molar-refractivity contribution < 1.29 is 14.3 Å². The van der Waals surface area contributed by atoms with Crippen molar-refractivity contribution in [3.05, 3.63) is 52.5 Å². The number of amides is 2. The number of carbonyl (C=O) groups is 2. The van der Waals surface area contributed by atoms with Crippen molar-refractivity contribution in [1.82, 2.24) is 0 Å². The van der Waals surface area contributed by atoms with E-state index in [9.17, 15) is 9.59 Å². The molecule has 0 fully saturated rings. The van der Waals surface area contributed by atoms with Crippen molar-refractivity contribution in [2.75, 3.05) is 16.8 Å². The van der Waals surface area contributed by atoms with Crippen molar-refractivity contribution in [3.63, 3.8) is 0 Å². The van der Waals surface area contributed by atoms with E-state index in [1.807, 2.05) is 18.2 Å². The first-order valence-corrected chi connectivity index (χ1v) is 9.33. The summed E-state index contributed by atoms with van der Waals surface area (Å²) in [5.41, 5.74) is 1.92. The first kappa shape index (κ1) is 18.5. The first-order valence-electron chi connectivity index (χ1n) is 8.54. The summed E-state index contributed by atoms with van der Waals surface area (Å²) in [5.74, 6) is 0.695. The number of anilines is 2. The Hall–Kier alpha value is -2.34. The maximum absolute atomic E-state index is 12.4. The zero-order chi connectivity index (χ0) is 18.8. The number of ether oxygens (including phenoxy) is 1. The number of fused-ring (bicyclic) bond motifs is 1. The second-order valence-electron chi connectivity index (χ2n) is 6.75. The second-order valence-corrected chi connectivity index (χ2v) is 7.67. The molecule has 0 aromatic heterocycles. The Bertz CT molecular complexity index is 851. The Morgan fingerprint density at radius 1 is 1.27 bits per heavy atom. The van der Waals surface area contributed by atoms with Crippen LogP contribution >= 0.6 is 15.9 Å². The molecule has 3 rings (SSSR count). The minimum atomic E-state index is -0.544. The predicted octanol–water partition coefficient (Wildman–Crippen LogP) is 4.47. The third kappa shape index (κ3) is 3.90. The van der Waals surface area contributed by atoms with E-state index < -0.39 is 6.10 Å². The molecule has 0 saturated carbocycles. The van der Waals surface area contributed by atoms with Crippen molar-refractivity contribution >= 4 is 39.1 Å². The first-order chi connectivity index (χ1) is 12.3. The number of halogens is 1. The Balaban J connectivity index is 1.85. The highest BCUT2D eigenvalue weighted by Crippen LogP contribution is 2.36. The van der Waals surface area contributed by atoms with Crippen LogP contribution < -0.4 is 15.0 Å². The van der Waals surface area contributed by atoms with Gasteiger partial charge in [0.15, 0.2) is 6.10 Å². The van der Waals surface area contributed by atoms with Gasteiger partial charge in [0.05, 0.1) is 5.69 Å². The van der Waals surface area contributed by atoms with E-state index in [1.165, 1.54) is 0 Å². The van der Waals surface area contributed by atoms with Gasteiger partial charge < -0.3 is 15.0 Å². The van der Waals surface area contributed by atoms with Crippen molar-refractivity contribution in [2.24, 2.45) is 5.92 Å². The molecular formula is C20H21BrN2O3. The number of benzene rings is 2. The van der Waals surface area contributed by atoms with Crippen LogP contribution in [-0.4, -0.2) is 24.5 Å². The van der Waals surface area contributed by atoms with Gasteiger partial charge in [-0.15, -0.1) is 0 Å². The molecule has 1 heterocycles. The van der Waals surface area contributed by atoms with Crippen LogP contribution in [0.1, 0.15) is 31.1 Å². The molecule has 2 amide bonds. The molecular weight excluding hydrogens is 396 g/mol. The SMILES string of the molecule is CC(C)CN1C(=O)C(C)Oc2cc(NC(=O)c3cccc(Br)c3)ccc21. The van der Waals surface area contributed by atoms with Crippen LogP contribution in [0.5, 0.6) is 5.75 Å². The summed E-state index contributed by atoms with van der Waals surface area (Å²) >= 11 is 3.37. The highest BCUT2D eigenvalue weighted by atomic mass is 79.9. The van der Waals surface area contributed by atoms with Gasteiger partial charge in [-0.25, -0.2) is 0 Å². The number of nitrogens with zero attached hydrogens (tertiary/aromatic N) is 1. The highest BCUT2D eigenvalue weighted by Gasteiger charge is 2.32. The number of nitrogens with one attached hydrogen (secondary N) is 1. The van der Waals surface area contributed by atoms with Gasteiger partial charge in [0.2, 0.25) is 0 Å². The largest absolute Gasteiger partial charge is 0.479 e. The van der Waals surface area contributed by atoms with Crippen LogP contribution in [0.15, 0.2) is 46.9 Å². The van der Waals surface area contributed by atoms with Gasteiger partial charge >= 0.3 is 0 Å². The smallest absolute Gasteiger partial charge is 0.267 e. The standard InChI is InChI=1S/C20H21BrN2O3/c1-12(2)11-23-17-8-7-16(10-18(17)26-13(3)20(23)25)22-19(24)14-5-4-6-15(21)9-14/h4-10,12-13H,11H2,1-3H3,(H,22,24). The zero-order valence-electron chi connectivity index (χ0n) is 15.0. The van der Waals surface area contributed by atoms with Crippen molar-refractivity contribution in [1.29, 1.82) is 0 Å². The molecule has 0 bridgehead atoms. The number of rotatable bonds is 4. The lowest BCUT2D eigenvalue weighted by molar-refractivity contribution is -0.125. The molecule has 0 aliphatic carbocycles. The van der Waals surface area contributed by atoms with Gasteiger partial charge in [0, 0.05) is 28.3 Å². The Morgan fingerprint density at radius 3 is 2.73 bits per heavy atom. The molecule has 1 unspecified atom stereocenters. The fraction of sp³-hybridized carbons (Fsp3) is 0.300. The number of hydrogen-bond donors (Lipinski definition) is 1. The average molecular weight is 417 g/mol. The lowest BCUT2D eigenvalue weighted by Gasteiger charge is -2.34. The van der Waals surface area contributed by atoms with Crippen LogP contribution in [0.4, 0.5) is 11.4 Å². The Labute approximate surface area is 161 Å². The van der Waals surface area contributed by atoms with Crippen LogP contribution in [0.25, 0.3) is 0 Å². The lowest BCUT2D eigenvalue weighted by atomic mass is 10.1. The summed E-state index contributed by atoms with van der Waals surface area (Å²) in [6, 6.07) is 12.6. The molecule has 2 aromatic carbocycles. The van der Waals surface area contributed by atoms with Crippen molar-refractivity contribution in [2.45, 2.75) is 26.9 Å². The summed E-state index contributed by atoms with van der Waals surface area (Å²) in [6.45, 7) is 6.51. The molecule has 1 aliphatic rings. The summed E-state index contributed by atoms with van der Waals surface area (Å²) in [4.78, 5) is 26.6. The second kappa shape index (κ2) is 7.50. The normalized spacial score (nSPS) is 16.3. The van der Waals surface area contributed by atoms with Gasteiger partial charge in [-0.05, 0) is 43.2 Å². The van der Waals surface area contributed by atoms with Gasteiger partial charge in [0.1, 0.15) is 5.75 Å². The average Bonchev–Trinajstić information content (AvgIpc) is 2.58. The number of carbonyl (C=O) groups excluding carboxylic acids is 2. The molecule has 0 radical (unpaired) electrons. The van der Waals surface area contributed by atoms with E-state index in [0.29, 0.717) is 29.5 Å². The zero-order valence-corrected chi connectivity index (χ0v) is 16.5. The van der Waals surface area contributed by atoms with Crippen LogP contribution in [-0.2, 0) is 4.79 Å². The van der Waals surface area contributed by atoms with Gasteiger partial charge in [0.25, 0.3) is 11.8 Å². The maximum Gasteiger partial charge on any atom is 0.267 e. The molecule has 2 aromatic rings. The van der Waals surface area contributed by atoms with E-state index in [2.05, 4.69) is 35.1 Å². The Kier molecular flexibility index (Phi) is 5.32. The van der Waals surface area contributed by atoms with E-state index in [1.54, 1.807) is 36.1 Å². The molecule has 6 heteroatoms. The molecule has 0 saturated heterocycles. The van der Waals surface area contributed by atoms with E-state index in [-0.39, 0.29) is 11.8 Å². The lowest BCUT2D eigenvalue weighted by Crippen LogP contribution is -2.46. The summed E-state index contributed by atoms with van der Waals surface area (Å²) in [6.07, 6.45) is -0.544. The van der Waals surface area contributed by atoms with Crippen LogP contribution in [0.2, 0.25) is 0 Å². The summed E-state index contributed by atoms with van der Waals surface area (Å²) < 4.78 is 6.60. The molecule has 1 atom stereocenters. The summed E-state index contributed by atoms with van der Waals surface area (Å²) in [5, 5.41) is 2.87. The van der Waals surface area contributed by atoms with Crippen molar-refractivity contribution in [3.8, 4) is 5.75 Å². The minimum Gasteiger partial charge on any atom is -0.479 e. The molecule has 26 heavy (non-hydrogen) atoms. The molecule has 5 nitrogen and oxygen atoms in total. The van der Waals surface area contributed by atoms with E-state index >= 15 is 0 Å². The van der Waals surface area contributed by atoms with E-state index in [4.69, 9.17) is 4.74 Å². The number of hydrogen-bond acceptors (Lipinski definition) is 3. The maximum atomic E-state index is 12.4. The van der Waals surface area contributed by atoms with E-state index in [0.717, 1.165) is 10.2 Å². The minimum absolute atomic E-state index is 0.0443. The predicted molar refractivity (Wildman–Crippen MR) is 106 cm³/mol. The van der Waals surface area contributed by atoms with Gasteiger partial charge in [-0.1, -0.05) is 35.8 Å². The molecule has 0 spiro atoms. The van der Waals surface area contributed by atoms with Crippen LogP contribution in [0, 0.1) is 5.92 Å². The Morgan fingerprint density at radius 2 is 2.04 bits per heavy atom. The molecule has 1 N–H and O–H groups in total. The van der Waals surface area contributed by atoms with Gasteiger partial charge in [-0.2, -0.15) is 0 Å². The topological polar surface area (TPSA) is 58.6 Å². The van der Waals surface area contributed by atoms with Gasteiger partial charge in [-0.3, -0.25) is 9.59 Å². The quantitative estimate of drug-likeness (QED) is 0.799. The third-order valence-corrected chi connectivity index (χ3v) is 4.55.